The highest BCUT2D eigenvalue weighted by molar-refractivity contribution is 5.97. The van der Waals surface area contributed by atoms with Gasteiger partial charge in [-0.05, 0) is 25.0 Å². The van der Waals surface area contributed by atoms with E-state index in [1.807, 2.05) is 36.5 Å². The van der Waals surface area contributed by atoms with E-state index in [4.69, 9.17) is 5.26 Å². The highest BCUT2D eigenvalue weighted by Gasteiger charge is 2.18. The summed E-state index contributed by atoms with van der Waals surface area (Å²) in [4.78, 5) is 0. The number of hydrogen-bond acceptors (Lipinski definition) is 4. The van der Waals surface area contributed by atoms with Crippen LogP contribution in [-0.4, -0.2) is 19.3 Å². The Labute approximate surface area is 158 Å². The third-order valence-corrected chi connectivity index (χ3v) is 5.05. The van der Waals surface area contributed by atoms with E-state index in [9.17, 15) is 5.26 Å². The second-order valence-corrected chi connectivity index (χ2v) is 6.78. The summed E-state index contributed by atoms with van der Waals surface area (Å²) < 4.78 is 4.17. The SMILES string of the molecule is N#CCCn1cc(/C=C(\C#N)c2nnc3n2CCCCC3)c2ccccc21. The molecule has 4 rings (SSSR count). The number of benzene rings is 1. The molecule has 134 valence electrons. The minimum atomic E-state index is 0.449. The van der Waals surface area contributed by atoms with Crippen LogP contribution >= 0.6 is 0 Å². The molecule has 2 aromatic heterocycles. The zero-order chi connectivity index (χ0) is 18.6. The van der Waals surface area contributed by atoms with Crippen LogP contribution < -0.4 is 0 Å². The van der Waals surface area contributed by atoms with Gasteiger partial charge in [0.15, 0.2) is 5.82 Å². The number of nitriles is 2. The lowest BCUT2D eigenvalue weighted by Gasteiger charge is -2.05. The number of aryl methyl sites for hydroxylation is 2. The van der Waals surface area contributed by atoms with Crippen LogP contribution in [0.1, 0.15) is 42.9 Å². The molecular weight excluding hydrogens is 336 g/mol. The Hall–Kier alpha value is -3.38. The zero-order valence-electron chi connectivity index (χ0n) is 15.1. The minimum absolute atomic E-state index is 0.449. The van der Waals surface area contributed by atoms with E-state index >= 15 is 0 Å². The summed E-state index contributed by atoms with van der Waals surface area (Å²) in [6.07, 6.45) is 8.66. The number of hydrogen-bond donors (Lipinski definition) is 0. The molecule has 6 nitrogen and oxygen atoms in total. The van der Waals surface area contributed by atoms with E-state index in [1.165, 1.54) is 6.42 Å². The van der Waals surface area contributed by atoms with Crippen LogP contribution in [0, 0.1) is 22.7 Å². The lowest BCUT2D eigenvalue weighted by molar-refractivity contribution is 0.627. The molecule has 0 bridgehead atoms. The van der Waals surface area contributed by atoms with E-state index < -0.39 is 0 Å². The largest absolute Gasteiger partial charge is 0.346 e. The lowest BCUT2D eigenvalue weighted by Crippen LogP contribution is -2.05. The van der Waals surface area contributed by atoms with Crippen molar-refractivity contribution in [1.29, 1.82) is 10.5 Å². The summed E-state index contributed by atoms with van der Waals surface area (Å²) in [5.74, 6) is 1.63. The van der Waals surface area contributed by atoms with Crippen molar-refractivity contribution in [2.75, 3.05) is 0 Å². The maximum Gasteiger partial charge on any atom is 0.174 e. The molecule has 3 heterocycles. The number of fused-ring (bicyclic) bond motifs is 2. The molecule has 0 atom stereocenters. The molecule has 0 aliphatic carbocycles. The summed E-state index contributed by atoms with van der Waals surface area (Å²) in [5, 5.41) is 28.4. The molecule has 0 spiro atoms. The molecule has 0 saturated carbocycles. The van der Waals surface area contributed by atoms with Gasteiger partial charge in [0, 0.05) is 42.2 Å². The average molecular weight is 356 g/mol. The lowest BCUT2D eigenvalue weighted by atomic mass is 10.1. The predicted molar refractivity (Wildman–Crippen MR) is 103 cm³/mol. The second kappa shape index (κ2) is 7.47. The van der Waals surface area contributed by atoms with Crippen molar-refractivity contribution in [1.82, 2.24) is 19.3 Å². The molecule has 0 saturated heterocycles. The van der Waals surface area contributed by atoms with Gasteiger partial charge in [0.25, 0.3) is 0 Å². The Morgan fingerprint density at radius 3 is 2.89 bits per heavy atom. The molecule has 0 N–H and O–H groups in total. The third kappa shape index (κ3) is 3.22. The van der Waals surface area contributed by atoms with Crippen LogP contribution in [0.15, 0.2) is 30.5 Å². The van der Waals surface area contributed by atoms with Gasteiger partial charge in [0.1, 0.15) is 11.9 Å². The standard InChI is InChI=1S/C21H20N6/c22-10-6-11-26-15-17(18-7-3-4-8-19(18)26)13-16(14-23)21-25-24-20-9-2-1-5-12-27(20)21/h3-4,7-8,13,15H,1-2,5-6,9,11-12H2/b16-13+. The smallest absolute Gasteiger partial charge is 0.174 e. The number of aromatic nitrogens is 4. The van der Waals surface area contributed by atoms with Gasteiger partial charge < -0.3 is 9.13 Å². The van der Waals surface area contributed by atoms with Crippen molar-refractivity contribution >= 4 is 22.6 Å². The molecule has 0 unspecified atom stereocenters. The van der Waals surface area contributed by atoms with Crippen LogP contribution in [-0.2, 0) is 19.5 Å². The normalized spacial score (nSPS) is 14.4. The van der Waals surface area contributed by atoms with Crippen LogP contribution in [0.5, 0.6) is 0 Å². The molecule has 27 heavy (non-hydrogen) atoms. The minimum Gasteiger partial charge on any atom is -0.346 e. The zero-order valence-corrected chi connectivity index (χ0v) is 15.1. The van der Waals surface area contributed by atoms with Gasteiger partial charge in [-0.1, -0.05) is 24.6 Å². The van der Waals surface area contributed by atoms with Crippen LogP contribution in [0.2, 0.25) is 0 Å². The Morgan fingerprint density at radius 2 is 2.04 bits per heavy atom. The first-order valence-electron chi connectivity index (χ1n) is 9.31. The van der Waals surface area contributed by atoms with Crippen molar-refractivity contribution in [3.63, 3.8) is 0 Å². The van der Waals surface area contributed by atoms with E-state index in [0.717, 1.165) is 48.1 Å². The van der Waals surface area contributed by atoms with Gasteiger partial charge in [-0.25, -0.2) is 0 Å². The van der Waals surface area contributed by atoms with E-state index in [2.05, 4.69) is 31.5 Å². The molecule has 0 amide bonds. The van der Waals surface area contributed by atoms with Crippen molar-refractivity contribution in [2.45, 2.75) is 45.2 Å². The maximum absolute atomic E-state index is 9.80. The third-order valence-electron chi connectivity index (χ3n) is 5.05. The van der Waals surface area contributed by atoms with E-state index in [-0.39, 0.29) is 0 Å². The summed E-state index contributed by atoms with van der Waals surface area (Å²) in [6, 6.07) is 12.6. The summed E-state index contributed by atoms with van der Waals surface area (Å²) >= 11 is 0. The average Bonchev–Trinajstić information content (AvgIpc) is 3.17. The van der Waals surface area contributed by atoms with Crippen LogP contribution in [0.25, 0.3) is 22.6 Å². The molecule has 1 aliphatic rings. The second-order valence-electron chi connectivity index (χ2n) is 6.78. The fourth-order valence-electron chi connectivity index (χ4n) is 3.73. The molecule has 6 heteroatoms. The van der Waals surface area contributed by atoms with Gasteiger partial charge in [0.05, 0.1) is 18.1 Å². The summed E-state index contributed by atoms with van der Waals surface area (Å²) in [6.45, 7) is 1.49. The Bertz CT molecular complexity index is 1090. The predicted octanol–water partition coefficient (Wildman–Crippen LogP) is 3.94. The highest BCUT2D eigenvalue weighted by Crippen LogP contribution is 2.27. The van der Waals surface area contributed by atoms with Crippen LogP contribution in [0.4, 0.5) is 0 Å². The molecule has 1 aromatic carbocycles. The number of allylic oxidation sites excluding steroid dienone is 1. The maximum atomic E-state index is 9.80. The monoisotopic (exact) mass is 356 g/mol. The first-order chi connectivity index (χ1) is 13.3. The number of nitrogens with zero attached hydrogens (tertiary/aromatic N) is 6. The molecule has 0 fully saturated rings. The first-order valence-corrected chi connectivity index (χ1v) is 9.31. The van der Waals surface area contributed by atoms with E-state index in [0.29, 0.717) is 24.4 Å². The van der Waals surface area contributed by atoms with Gasteiger partial charge in [0.2, 0.25) is 0 Å². The molecule has 1 aliphatic heterocycles. The molecule has 3 aromatic rings. The quantitative estimate of drug-likeness (QED) is 0.663. The summed E-state index contributed by atoms with van der Waals surface area (Å²) in [5.41, 5.74) is 2.56. The Balaban J connectivity index is 1.80. The fourth-order valence-corrected chi connectivity index (χ4v) is 3.73. The summed E-state index contributed by atoms with van der Waals surface area (Å²) in [7, 11) is 0. The van der Waals surface area contributed by atoms with Crippen LogP contribution in [0.3, 0.4) is 0 Å². The van der Waals surface area contributed by atoms with Crippen molar-refractivity contribution in [3.8, 4) is 12.1 Å². The van der Waals surface area contributed by atoms with Gasteiger partial charge in [-0.15, -0.1) is 10.2 Å². The number of rotatable bonds is 4. The van der Waals surface area contributed by atoms with Gasteiger partial charge in [-0.3, -0.25) is 0 Å². The van der Waals surface area contributed by atoms with Crippen molar-refractivity contribution in [2.24, 2.45) is 0 Å². The molecule has 0 radical (unpaired) electrons. The van der Waals surface area contributed by atoms with E-state index in [1.54, 1.807) is 0 Å². The van der Waals surface area contributed by atoms with Crippen molar-refractivity contribution < 1.29 is 0 Å². The Kier molecular flexibility index (Phi) is 4.72. The molecular formula is C21H20N6. The Morgan fingerprint density at radius 1 is 1.15 bits per heavy atom. The van der Waals surface area contributed by atoms with Crippen molar-refractivity contribution in [3.05, 3.63) is 47.7 Å². The highest BCUT2D eigenvalue weighted by atomic mass is 15.3. The fraction of sp³-hybridized carbons (Fsp3) is 0.333. The first kappa shape index (κ1) is 17.1. The topological polar surface area (TPSA) is 83.2 Å². The van der Waals surface area contributed by atoms with Gasteiger partial charge >= 0.3 is 0 Å². The number of para-hydroxylation sites is 1. The van der Waals surface area contributed by atoms with Gasteiger partial charge in [-0.2, -0.15) is 10.5 Å².